The highest BCUT2D eigenvalue weighted by atomic mass is 16.2. The summed E-state index contributed by atoms with van der Waals surface area (Å²) >= 11 is 0. The highest BCUT2D eigenvalue weighted by Gasteiger charge is 2.23. The summed E-state index contributed by atoms with van der Waals surface area (Å²) in [4.78, 5) is 13.6. The molecule has 1 aliphatic heterocycles. The summed E-state index contributed by atoms with van der Waals surface area (Å²) in [6.45, 7) is 3.80. The first-order valence-corrected chi connectivity index (χ1v) is 6.23. The summed E-state index contributed by atoms with van der Waals surface area (Å²) in [5.74, 6) is 0.291. The van der Waals surface area contributed by atoms with Gasteiger partial charge in [-0.1, -0.05) is 24.3 Å². The molecule has 1 saturated heterocycles. The predicted molar refractivity (Wildman–Crippen MR) is 68.8 cm³/mol. The molecule has 92 valence electrons. The van der Waals surface area contributed by atoms with Crippen molar-refractivity contribution in [1.29, 1.82) is 0 Å². The van der Waals surface area contributed by atoms with E-state index in [0.29, 0.717) is 12.3 Å². The third kappa shape index (κ3) is 2.67. The van der Waals surface area contributed by atoms with Crippen molar-refractivity contribution in [3.8, 4) is 0 Å². The number of rotatable bonds is 4. The molecule has 0 bridgehead atoms. The largest absolute Gasteiger partial charge is 0.341 e. The average molecular weight is 232 g/mol. The van der Waals surface area contributed by atoms with Gasteiger partial charge in [-0.05, 0) is 31.5 Å². The molecule has 1 aromatic carbocycles. The first kappa shape index (κ1) is 12.1. The van der Waals surface area contributed by atoms with E-state index in [1.165, 1.54) is 11.1 Å². The Hall–Kier alpha value is -1.35. The van der Waals surface area contributed by atoms with E-state index in [2.05, 4.69) is 30.4 Å². The van der Waals surface area contributed by atoms with Gasteiger partial charge in [0.05, 0.1) is 0 Å². The van der Waals surface area contributed by atoms with E-state index in [1.54, 1.807) is 0 Å². The Kier molecular flexibility index (Phi) is 3.79. The van der Waals surface area contributed by atoms with Crippen LogP contribution in [0.3, 0.4) is 0 Å². The molecule has 0 radical (unpaired) electrons. The van der Waals surface area contributed by atoms with E-state index in [-0.39, 0.29) is 6.04 Å². The molecule has 1 atom stereocenters. The number of amides is 1. The average Bonchev–Trinajstić information content (AvgIpc) is 2.73. The Morgan fingerprint density at radius 2 is 2.18 bits per heavy atom. The van der Waals surface area contributed by atoms with Crippen molar-refractivity contribution in [2.75, 3.05) is 20.1 Å². The zero-order valence-corrected chi connectivity index (χ0v) is 10.6. The SMILES string of the molecule is CNC(CN1CCCC1=O)c1ccccc1C. The van der Waals surface area contributed by atoms with Crippen molar-refractivity contribution in [3.05, 3.63) is 35.4 Å². The molecule has 17 heavy (non-hydrogen) atoms. The van der Waals surface area contributed by atoms with Gasteiger partial charge in [-0.25, -0.2) is 0 Å². The quantitative estimate of drug-likeness (QED) is 0.859. The third-order valence-corrected chi connectivity index (χ3v) is 3.49. The Morgan fingerprint density at radius 1 is 1.41 bits per heavy atom. The van der Waals surface area contributed by atoms with E-state index in [1.807, 2.05) is 18.0 Å². The summed E-state index contributed by atoms with van der Waals surface area (Å²) in [6.07, 6.45) is 1.72. The Morgan fingerprint density at radius 3 is 2.76 bits per heavy atom. The maximum Gasteiger partial charge on any atom is 0.222 e. The lowest BCUT2D eigenvalue weighted by Crippen LogP contribution is -2.34. The van der Waals surface area contributed by atoms with Gasteiger partial charge in [-0.15, -0.1) is 0 Å². The molecule has 0 saturated carbocycles. The van der Waals surface area contributed by atoms with Crippen LogP contribution < -0.4 is 5.32 Å². The number of hydrogen-bond donors (Lipinski definition) is 1. The minimum Gasteiger partial charge on any atom is -0.341 e. The monoisotopic (exact) mass is 232 g/mol. The van der Waals surface area contributed by atoms with Gasteiger partial charge < -0.3 is 10.2 Å². The molecule has 0 spiro atoms. The van der Waals surface area contributed by atoms with E-state index < -0.39 is 0 Å². The molecule has 0 aliphatic carbocycles. The van der Waals surface area contributed by atoms with Crippen molar-refractivity contribution < 1.29 is 4.79 Å². The minimum atomic E-state index is 0.234. The molecule has 1 aliphatic rings. The van der Waals surface area contributed by atoms with Crippen LogP contribution in [0.25, 0.3) is 0 Å². The van der Waals surface area contributed by atoms with Crippen LogP contribution in [0.1, 0.15) is 30.0 Å². The predicted octanol–water partition coefficient (Wildman–Crippen LogP) is 1.88. The molecule has 3 heteroatoms. The van der Waals surface area contributed by atoms with Crippen LogP contribution in [-0.4, -0.2) is 30.9 Å². The molecular formula is C14H20N2O. The van der Waals surface area contributed by atoms with Gasteiger partial charge >= 0.3 is 0 Å². The number of nitrogens with one attached hydrogen (secondary N) is 1. The molecule has 3 nitrogen and oxygen atoms in total. The fraction of sp³-hybridized carbons (Fsp3) is 0.500. The molecule has 1 heterocycles. The molecule has 1 fully saturated rings. The van der Waals surface area contributed by atoms with Crippen LogP contribution >= 0.6 is 0 Å². The van der Waals surface area contributed by atoms with Crippen LogP contribution in [-0.2, 0) is 4.79 Å². The Bertz CT molecular complexity index is 403. The number of aryl methyl sites for hydroxylation is 1. The molecule has 0 aromatic heterocycles. The van der Waals surface area contributed by atoms with Gasteiger partial charge in [0.15, 0.2) is 0 Å². The Balaban J connectivity index is 2.11. The fourth-order valence-electron chi connectivity index (χ4n) is 2.44. The van der Waals surface area contributed by atoms with E-state index in [9.17, 15) is 4.79 Å². The van der Waals surface area contributed by atoms with Crippen molar-refractivity contribution in [2.24, 2.45) is 0 Å². The lowest BCUT2D eigenvalue weighted by Gasteiger charge is -2.25. The first-order chi connectivity index (χ1) is 8.22. The third-order valence-electron chi connectivity index (χ3n) is 3.49. The summed E-state index contributed by atoms with van der Waals surface area (Å²) < 4.78 is 0. The highest BCUT2D eigenvalue weighted by Crippen LogP contribution is 2.20. The van der Waals surface area contributed by atoms with Crippen LogP contribution in [0.15, 0.2) is 24.3 Å². The van der Waals surface area contributed by atoms with Gasteiger partial charge in [0.2, 0.25) is 5.91 Å². The summed E-state index contributed by atoms with van der Waals surface area (Å²) in [5, 5.41) is 3.31. The van der Waals surface area contributed by atoms with Gasteiger partial charge in [0, 0.05) is 25.6 Å². The van der Waals surface area contributed by atoms with Crippen LogP contribution in [0, 0.1) is 6.92 Å². The number of likely N-dealkylation sites (tertiary alicyclic amines) is 1. The smallest absolute Gasteiger partial charge is 0.222 e. The maximum atomic E-state index is 11.6. The van der Waals surface area contributed by atoms with Gasteiger partial charge in [-0.3, -0.25) is 4.79 Å². The minimum absolute atomic E-state index is 0.234. The molecule has 1 unspecified atom stereocenters. The second-order valence-electron chi connectivity index (χ2n) is 4.64. The van der Waals surface area contributed by atoms with Crippen molar-refractivity contribution in [3.63, 3.8) is 0 Å². The molecule has 1 N–H and O–H groups in total. The van der Waals surface area contributed by atoms with Crippen LogP contribution in [0.5, 0.6) is 0 Å². The lowest BCUT2D eigenvalue weighted by atomic mass is 10.0. The number of benzene rings is 1. The van der Waals surface area contributed by atoms with Crippen molar-refractivity contribution in [2.45, 2.75) is 25.8 Å². The second-order valence-corrected chi connectivity index (χ2v) is 4.64. The van der Waals surface area contributed by atoms with E-state index >= 15 is 0 Å². The number of hydrogen-bond acceptors (Lipinski definition) is 2. The number of likely N-dealkylation sites (N-methyl/N-ethyl adjacent to an activating group) is 1. The standard InChI is InChI=1S/C14H20N2O/c1-11-6-3-4-7-12(11)13(15-2)10-16-9-5-8-14(16)17/h3-4,6-7,13,15H,5,8-10H2,1-2H3. The maximum absolute atomic E-state index is 11.6. The fourth-order valence-corrected chi connectivity index (χ4v) is 2.44. The second kappa shape index (κ2) is 5.32. The van der Waals surface area contributed by atoms with Gasteiger partial charge in [-0.2, -0.15) is 0 Å². The highest BCUT2D eigenvalue weighted by molar-refractivity contribution is 5.78. The van der Waals surface area contributed by atoms with Crippen LogP contribution in [0.2, 0.25) is 0 Å². The first-order valence-electron chi connectivity index (χ1n) is 6.23. The zero-order valence-electron chi connectivity index (χ0n) is 10.6. The number of carbonyl (C=O) groups excluding carboxylic acids is 1. The molecular weight excluding hydrogens is 212 g/mol. The molecule has 2 rings (SSSR count). The lowest BCUT2D eigenvalue weighted by molar-refractivity contribution is -0.128. The zero-order chi connectivity index (χ0) is 12.3. The summed E-state index contributed by atoms with van der Waals surface area (Å²) in [6, 6.07) is 8.59. The topological polar surface area (TPSA) is 32.3 Å². The number of nitrogens with zero attached hydrogens (tertiary/aromatic N) is 1. The van der Waals surface area contributed by atoms with Gasteiger partial charge in [0.25, 0.3) is 0 Å². The molecule has 1 aromatic rings. The number of carbonyl (C=O) groups is 1. The van der Waals surface area contributed by atoms with Crippen LogP contribution in [0.4, 0.5) is 0 Å². The summed E-state index contributed by atoms with van der Waals surface area (Å²) in [7, 11) is 1.96. The van der Waals surface area contributed by atoms with Crippen molar-refractivity contribution in [1.82, 2.24) is 10.2 Å². The Labute approximate surface area is 103 Å². The summed E-state index contributed by atoms with van der Waals surface area (Å²) in [5.41, 5.74) is 2.56. The normalized spacial score (nSPS) is 17.5. The molecule has 1 amide bonds. The van der Waals surface area contributed by atoms with Crippen molar-refractivity contribution >= 4 is 5.91 Å². The van der Waals surface area contributed by atoms with E-state index in [4.69, 9.17) is 0 Å². The van der Waals surface area contributed by atoms with E-state index in [0.717, 1.165) is 19.5 Å². The van der Waals surface area contributed by atoms with Gasteiger partial charge in [0.1, 0.15) is 0 Å².